The minimum absolute atomic E-state index is 0.0741. The van der Waals surface area contributed by atoms with Gasteiger partial charge in [0.2, 0.25) is 0 Å². The van der Waals surface area contributed by atoms with Crippen LogP contribution in [0.3, 0.4) is 0 Å². The Hall–Kier alpha value is -1.38. The van der Waals surface area contributed by atoms with E-state index in [1.165, 1.54) is 24.6 Å². The number of carbonyl (C=O) groups is 1. The van der Waals surface area contributed by atoms with Gasteiger partial charge in [0, 0.05) is 18.4 Å². The molecule has 0 saturated heterocycles. The highest BCUT2D eigenvalue weighted by molar-refractivity contribution is 7.79. The Bertz CT molecular complexity index is 292. The molecule has 3 N–H and O–H groups in total. The first kappa shape index (κ1) is 11.6. The van der Waals surface area contributed by atoms with E-state index in [0.717, 1.165) is 0 Å². The molecule has 0 saturated carbocycles. The number of hydroxylamine groups is 1. The SMILES string of the molecule is O=C1C=CNOC=C1.O=S(=O)(O)O. The van der Waals surface area contributed by atoms with Crippen LogP contribution >= 0.6 is 0 Å². The molecule has 0 amide bonds. The summed E-state index contributed by atoms with van der Waals surface area (Å²) in [5, 5.41) is 0. The molecule has 0 fully saturated rings. The summed E-state index contributed by atoms with van der Waals surface area (Å²) in [5.74, 6) is -0.0741. The maximum absolute atomic E-state index is 10.4. The van der Waals surface area contributed by atoms with Gasteiger partial charge >= 0.3 is 10.4 Å². The van der Waals surface area contributed by atoms with Gasteiger partial charge in [0.1, 0.15) is 6.26 Å². The fourth-order valence-electron chi connectivity index (χ4n) is 0.351. The minimum Gasteiger partial charge on any atom is -0.390 e. The van der Waals surface area contributed by atoms with Crippen LogP contribution in [0.4, 0.5) is 0 Å². The summed E-state index contributed by atoms with van der Waals surface area (Å²) >= 11 is 0. The first-order valence-corrected chi connectivity index (χ1v) is 4.27. The van der Waals surface area contributed by atoms with Gasteiger partial charge in [0.25, 0.3) is 0 Å². The van der Waals surface area contributed by atoms with Crippen molar-refractivity contribution >= 4 is 16.2 Å². The summed E-state index contributed by atoms with van der Waals surface area (Å²) in [7, 11) is -4.67. The quantitative estimate of drug-likeness (QED) is 0.459. The third-order valence-corrected chi connectivity index (χ3v) is 0.684. The molecule has 0 aromatic carbocycles. The fourth-order valence-corrected chi connectivity index (χ4v) is 0.351. The van der Waals surface area contributed by atoms with E-state index in [2.05, 4.69) is 10.3 Å². The maximum atomic E-state index is 10.4. The predicted octanol–water partition coefficient (Wildman–Crippen LogP) is -0.535. The van der Waals surface area contributed by atoms with Crippen molar-refractivity contribution in [2.75, 3.05) is 0 Å². The minimum atomic E-state index is -4.67. The molecule has 1 aliphatic rings. The highest BCUT2D eigenvalue weighted by atomic mass is 32.3. The van der Waals surface area contributed by atoms with Crippen LogP contribution in [0.15, 0.2) is 24.6 Å². The summed E-state index contributed by atoms with van der Waals surface area (Å²) in [4.78, 5) is 14.9. The van der Waals surface area contributed by atoms with Gasteiger partial charge in [-0.15, -0.1) is 0 Å². The second-order valence-corrected chi connectivity index (χ2v) is 2.62. The summed E-state index contributed by atoms with van der Waals surface area (Å²) in [5.41, 5.74) is 2.39. The second-order valence-electron chi connectivity index (χ2n) is 1.72. The van der Waals surface area contributed by atoms with E-state index in [1.54, 1.807) is 0 Å². The van der Waals surface area contributed by atoms with Crippen LogP contribution < -0.4 is 5.48 Å². The average Bonchev–Trinajstić information content (AvgIpc) is 2.12. The largest absolute Gasteiger partial charge is 0.394 e. The molecule has 8 heteroatoms. The summed E-state index contributed by atoms with van der Waals surface area (Å²) < 4.78 is 31.6. The summed E-state index contributed by atoms with van der Waals surface area (Å²) in [6.45, 7) is 0. The Morgan fingerprint density at radius 3 is 2.38 bits per heavy atom. The molecule has 0 atom stereocenters. The predicted molar refractivity (Wildman–Crippen MR) is 41.7 cm³/mol. The van der Waals surface area contributed by atoms with Gasteiger partial charge in [-0.3, -0.25) is 13.9 Å². The highest BCUT2D eigenvalue weighted by Crippen LogP contribution is 1.84. The first-order valence-electron chi connectivity index (χ1n) is 2.88. The number of nitrogens with one attached hydrogen (secondary N) is 1. The lowest BCUT2D eigenvalue weighted by Gasteiger charge is -1.90. The lowest BCUT2D eigenvalue weighted by atomic mass is 10.4. The molecule has 13 heavy (non-hydrogen) atoms. The molecule has 74 valence electrons. The first-order chi connectivity index (χ1) is 5.89. The Morgan fingerprint density at radius 1 is 1.31 bits per heavy atom. The fraction of sp³-hybridized carbons (Fsp3) is 0. The van der Waals surface area contributed by atoms with Gasteiger partial charge in [-0.25, -0.2) is 5.48 Å². The molecular formula is C5H7NO6S. The van der Waals surface area contributed by atoms with E-state index in [1.807, 2.05) is 0 Å². The van der Waals surface area contributed by atoms with Crippen LogP contribution in [0, 0.1) is 0 Å². The van der Waals surface area contributed by atoms with Gasteiger partial charge in [0.15, 0.2) is 5.78 Å². The van der Waals surface area contributed by atoms with Crippen molar-refractivity contribution in [2.24, 2.45) is 0 Å². The van der Waals surface area contributed by atoms with Gasteiger partial charge in [-0.2, -0.15) is 8.42 Å². The van der Waals surface area contributed by atoms with Crippen LogP contribution in [0.2, 0.25) is 0 Å². The van der Waals surface area contributed by atoms with E-state index in [-0.39, 0.29) is 5.78 Å². The second kappa shape index (κ2) is 5.30. The molecule has 1 aliphatic heterocycles. The number of carbonyl (C=O) groups excluding carboxylic acids is 1. The monoisotopic (exact) mass is 209 g/mol. The number of ketones is 1. The molecule has 0 aromatic heterocycles. The lowest BCUT2D eigenvalue weighted by Crippen LogP contribution is -1.97. The van der Waals surface area contributed by atoms with E-state index >= 15 is 0 Å². The molecule has 1 rings (SSSR count). The van der Waals surface area contributed by atoms with Crippen LogP contribution in [0.25, 0.3) is 0 Å². The zero-order valence-corrected chi connectivity index (χ0v) is 7.06. The van der Waals surface area contributed by atoms with E-state index in [9.17, 15) is 4.79 Å². The third-order valence-electron chi connectivity index (χ3n) is 0.684. The van der Waals surface area contributed by atoms with E-state index in [4.69, 9.17) is 17.5 Å². The molecule has 0 radical (unpaired) electrons. The molecular weight excluding hydrogens is 202 g/mol. The zero-order valence-electron chi connectivity index (χ0n) is 6.25. The third kappa shape index (κ3) is 13.6. The van der Waals surface area contributed by atoms with Crippen molar-refractivity contribution in [2.45, 2.75) is 0 Å². The molecule has 1 heterocycles. The van der Waals surface area contributed by atoms with Gasteiger partial charge in [-0.05, 0) is 0 Å². The molecule has 0 bridgehead atoms. The van der Waals surface area contributed by atoms with Crippen molar-refractivity contribution in [1.82, 2.24) is 5.48 Å². The molecule has 0 unspecified atom stereocenters. The molecule has 0 aromatic rings. The Balaban J connectivity index is 0.000000252. The summed E-state index contributed by atoms with van der Waals surface area (Å²) in [6.07, 6.45) is 5.44. The van der Waals surface area contributed by atoms with Crippen molar-refractivity contribution in [3.05, 3.63) is 24.6 Å². The normalized spacial score (nSPS) is 14.8. The average molecular weight is 209 g/mol. The number of hydrogen-bond acceptors (Lipinski definition) is 5. The van der Waals surface area contributed by atoms with Crippen molar-refractivity contribution in [3.8, 4) is 0 Å². The standard InChI is InChI=1S/C5H5NO2.H2O4S/c7-5-1-3-6-8-4-2-5;1-5(2,3)4/h1-4,6H;(H2,1,2,3,4). The molecule has 0 spiro atoms. The smallest absolute Gasteiger partial charge is 0.390 e. The Labute approximate surface area is 74.2 Å². The topological polar surface area (TPSA) is 113 Å². The van der Waals surface area contributed by atoms with Crippen LogP contribution in [0.5, 0.6) is 0 Å². The van der Waals surface area contributed by atoms with Crippen molar-refractivity contribution < 1.29 is 27.2 Å². The Kier molecular flexibility index (Phi) is 4.74. The summed E-state index contributed by atoms with van der Waals surface area (Å²) in [6, 6.07) is 0. The highest BCUT2D eigenvalue weighted by Gasteiger charge is 1.89. The van der Waals surface area contributed by atoms with Gasteiger partial charge < -0.3 is 4.84 Å². The molecule has 7 nitrogen and oxygen atoms in total. The number of rotatable bonds is 0. The van der Waals surface area contributed by atoms with Crippen LogP contribution in [-0.2, 0) is 20.0 Å². The maximum Gasteiger partial charge on any atom is 0.394 e. The van der Waals surface area contributed by atoms with Gasteiger partial charge in [0.05, 0.1) is 0 Å². The number of allylic oxidation sites excluding steroid dienone is 2. The Morgan fingerprint density at radius 2 is 1.85 bits per heavy atom. The lowest BCUT2D eigenvalue weighted by molar-refractivity contribution is -0.110. The van der Waals surface area contributed by atoms with Crippen molar-refractivity contribution in [1.29, 1.82) is 0 Å². The van der Waals surface area contributed by atoms with Crippen LogP contribution in [0.1, 0.15) is 0 Å². The van der Waals surface area contributed by atoms with Crippen molar-refractivity contribution in [3.63, 3.8) is 0 Å². The zero-order chi connectivity index (χ0) is 10.3. The number of hydrogen-bond donors (Lipinski definition) is 3. The van der Waals surface area contributed by atoms with E-state index in [0.29, 0.717) is 0 Å². The van der Waals surface area contributed by atoms with E-state index < -0.39 is 10.4 Å². The molecule has 0 aliphatic carbocycles. The van der Waals surface area contributed by atoms with Crippen LogP contribution in [-0.4, -0.2) is 23.3 Å². The van der Waals surface area contributed by atoms with Gasteiger partial charge in [-0.1, -0.05) is 0 Å².